The van der Waals surface area contributed by atoms with E-state index in [4.69, 9.17) is 0 Å². The summed E-state index contributed by atoms with van der Waals surface area (Å²) in [7, 11) is 0. The minimum atomic E-state index is 0.0462. The molecule has 1 saturated carbocycles. The summed E-state index contributed by atoms with van der Waals surface area (Å²) >= 11 is 0. The Bertz CT molecular complexity index is 464. The average Bonchev–Trinajstić information content (AvgIpc) is 3.14. The van der Waals surface area contributed by atoms with Crippen molar-refractivity contribution in [2.75, 3.05) is 11.9 Å². The molecule has 1 aliphatic rings. The molecule has 1 aromatic carbocycles. The minimum absolute atomic E-state index is 0.0462. The number of anilines is 1. The van der Waals surface area contributed by atoms with Crippen LogP contribution in [0.15, 0.2) is 18.2 Å². The van der Waals surface area contributed by atoms with Gasteiger partial charge < -0.3 is 10.2 Å². The zero-order valence-corrected chi connectivity index (χ0v) is 12.4. The molecule has 0 spiro atoms. The molecule has 1 N–H and O–H groups in total. The van der Waals surface area contributed by atoms with Crippen molar-refractivity contribution in [3.8, 4) is 0 Å². The lowest BCUT2D eigenvalue weighted by atomic mass is 10.1. The highest BCUT2D eigenvalue weighted by atomic mass is 16.2. The Morgan fingerprint density at radius 2 is 2.05 bits per heavy atom. The molecule has 0 aliphatic heterocycles. The summed E-state index contributed by atoms with van der Waals surface area (Å²) in [5.74, 6) is 0.505. The van der Waals surface area contributed by atoms with Gasteiger partial charge >= 0.3 is 6.03 Å². The van der Waals surface area contributed by atoms with Crippen molar-refractivity contribution in [3.05, 3.63) is 29.3 Å². The topological polar surface area (TPSA) is 32.3 Å². The van der Waals surface area contributed by atoms with Gasteiger partial charge in [-0.2, -0.15) is 0 Å². The molecule has 2 amide bonds. The van der Waals surface area contributed by atoms with Crippen molar-refractivity contribution >= 4 is 11.7 Å². The van der Waals surface area contributed by atoms with Crippen molar-refractivity contribution < 1.29 is 4.79 Å². The molecule has 0 aromatic heterocycles. The molecule has 0 saturated heterocycles. The van der Waals surface area contributed by atoms with Crippen molar-refractivity contribution in [1.82, 2.24) is 4.90 Å². The Morgan fingerprint density at radius 1 is 1.37 bits per heavy atom. The molecule has 1 aliphatic carbocycles. The lowest BCUT2D eigenvalue weighted by Crippen LogP contribution is -2.39. The first-order valence-electron chi connectivity index (χ1n) is 7.12. The standard InChI is InChI=1S/C16H24N2O/c1-11(2)10-18(14-7-8-14)16(19)17-15-9-12(3)5-6-13(15)4/h5-6,9,11,14H,7-8,10H2,1-4H3,(H,17,19). The number of hydrogen-bond acceptors (Lipinski definition) is 1. The molecule has 2 rings (SSSR count). The van der Waals surface area contributed by atoms with Crippen LogP contribution in [-0.4, -0.2) is 23.5 Å². The number of benzene rings is 1. The molecule has 19 heavy (non-hydrogen) atoms. The maximum absolute atomic E-state index is 12.4. The average molecular weight is 260 g/mol. The normalized spacial score (nSPS) is 14.6. The highest BCUT2D eigenvalue weighted by Gasteiger charge is 2.32. The van der Waals surface area contributed by atoms with E-state index in [0.29, 0.717) is 12.0 Å². The molecule has 0 radical (unpaired) electrons. The van der Waals surface area contributed by atoms with Crippen LogP contribution in [0.5, 0.6) is 0 Å². The number of rotatable bonds is 4. The van der Waals surface area contributed by atoms with Gasteiger partial charge in [0.1, 0.15) is 0 Å². The van der Waals surface area contributed by atoms with Crippen LogP contribution in [0.4, 0.5) is 10.5 Å². The second kappa shape index (κ2) is 5.64. The van der Waals surface area contributed by atoms with Gasteiger partial charge in [-0.05, 0) is 49.8 Å². The quantitative estimate of drug-likeness (QED) is 0.873. The van der Waals surface area contributed by atoms with Gasteiger partial charge in [-0.3, -0.25) is 0 Å². The minimum Gasteiger partial charge on any atom is -0.321 e. The van der Waals surface area contributed by atoms with Crippen molar-refractivity contribution in [2.24, 2.45) is 5.92 Å². The number of nitrogens with zero attached hydrogens (tertiary/aromatic N) is 1. The van der Waals surface area contributed by atoms with E-state index < -0.39 is 0 Å². The number of aryl methyl sites for hydroxylation is 2. The second-order valence-electron chi connectivity index (χ2n) is 6.03. The summed E-state index contributed by atoms with van der Waals surface area (Å²) in [5.41, 5.74) is 3.21. The first-order chi connectivity index (χ1) is 8.97. The number of nitrogens with one attached hydrogen (secondary N) is 1. The largest absolute Gasteiger partial charge is 0.322 e. The van der Waals surface area contributed by atoms with Crippen molar-refractivity contribution in [2.45, 2.75) is 46.6 Å². The third-order valence-corrected chi connectivity index (χ3v) is 3.45. The number of carbonyl (C=O) groups is 1. The number of amides is 2. The van der Waals surface area contributed by atoms with Crippen LogP contribution < -0.4 is 5.32 Å². The van der Waals surface area contributed by atoms with Crippen LogP contribution in [-0.2, 0) is 0 Å². The first-order valence-corrected chi connectivity index (χ1v) is 7.12. The molecule has 3 heteroatoms. The SMILES string of the molecule is Cc1ccc(C)c(NC(=O)N(CC(C)C)C2CC2)c1. The van der Waals surface area contributed by atoms with E-state index >= 15 is 0 Å². The monoisotopic (exact) mass is 260 g/mol. The molecular formula is C16H24N2O. The molecule has 104 valence electrons. The van der Waals surface area contributed by atoms with E-state index in [1.807, 2.05) is 24.8 Å². The molecule has 3 nitrogen and oxygen atoms in total. The fraction of sp³-hybridized carbons (Fsp3) is 0.562. The molecule has 0 atom stereocenters. The lowest BCUT2D eigenvalue weighted by molar-refractivity contribution is 0.201. The predicted octanol–water partition coefficient (Wildman–Crippen LogP) is 3.96. The van der Waals surface area contributed by atoms with Gasteiger partial charge in [-0.15, -0.1) is 0 Å². The first kappa shape index (κ1) is 13.9. The van der Waals surface area contributed by atoms with E-state index in [1.165, 1.54) is 5.56 Å². The smallest absolute Gasteiger partial charge is 0.321 e. The zero-order valence-electron chi connectivity index (χ0n) is 12.4. The van der Waals surface area contributed by atoms with Gasteiger partial charge in [0, 0.05) is 18.3 Å². The van der Waals surface area contributed by atoms with Gasteiger partial charge in [-0.25, -0.2) is 4.79 Å². The van der Waals surface area contributed by atoms with Crippen molar-refractivity contribution in [3.63, 3.8) is 0 Å². The maximum atomic E-state index is 12.4. The van der Waals surface area contributed by atoms with Gasteiger partial charge in [0.2, 0.25) is 0 Å². The third-order valence-electron chi connectivity index (χ3n) is 3.45. The molecule has 0 unspecified atom stereocenters. The van der Waals surface area contributed by atoms with Crippen LogP contribution in [0.25, 0.3) is 0 Å². The summed E-state index contributed by atoms with van der Waals surface area (Å²) in [5, 5.41) is 3.06. The van der Waals surface area contributed by atoms with E-state index in [-0.39, 0.29) is 6.03 Å². The van der Waals surface area contributed by atoms with E-state index in [1.54, 1.807) is 0 Å². The fourth-order valence-corrected chi connectivity index (χ4v) is 2.23. The summed E-state index contributed by atoms with van der Waals surface area (Å²) in [6.07, 6.45) is 2.29. The Labute approximate surface area is 116 Å². The predicted molar refractivity (Wildman–Crippen MR) is 79.5 cm³/mol. The van der Waals surface area contributed by atoms with E-state index in [2.05, 4.69) is 31.3 Å². The molecule has 0 heterocycles. The van der Waals surface area contributed by atoms with Gasteiger partial charge in [0.25, 0.3) is 0 Å². The lowest BCUT2D eigenvalue weighted by Gasteiger charge is -2.25. The Balaban J connectivity index is 2.07. The Kier molecular flexibility index (Phi) is 4.13. The summed E-state index contributed by atoms with van der Waals surface area (Å²) in [4.78, 5) is 14.4. The molecule has 1 aromatic rings. The van der Waals surface area contributed by atoms with Crippen LogP contribution >= 0.6 is 0 Å². The highest BCUT2D eigenvalue weighted by Crippen LogP contribution is 2.28. The van der Waals surface area contributed by atoms with Crippen LogP contribution in [0.1, 0.15) is 37.8 Å². The Morgan fingerprint density at radius 3 is 2.63 bits per heavy atom. The van der Waals surface area contributed by atoms with Crippen LogP contribution in [0.2, 0.25) is 0 Å². The van der Waals surface area contributed by atoms with Crippen molar-refractivity contribution in [1.29, 1.82) is 0 Å². The summed E-state index contributed by atoms with van der Waals surface area (Å²) in [6.45, 7) is 9.21. The number of carbonyl (C=O) groups excluding carboxylic acids is 1. The molecule has 1 fully saturated rings. The van der Waals surface area contributed by atoms with Gasteiger partial charge in [0.15, 0.2) is 0 Å². The second-order valence-corrected chi connectivity index (χ2v) is 6.03. The van der Waals surface area contributed by atoms with E-state index in [0.717, 1.165) is 30.6 Å². The summed E-state index contributed by atoms with van der Waals surface area (Å²) in [6, 6.07) is 6.65. The van der Waals surface area contributed by atoms with Crippen LogP contribution in [0.3, 0.4) is 0 Å². The van der Waals surface area contributed by atoms with E-state index in [9.17, 15) is 4.79 Å². The van der Waals surface area contributed by atoms with Crippen LogP contribution in [0, 0.1) is 19.8 Å². The zero-order chi connectivity index (χ0) is 14.0. The maximum Gasteiger partial charge on any atom is 0.322 e. The highest BCUT2D eigenvalue weighted by molar-refractivity contribution is 5.90. The molecule has 0 bridgehead atoms. The summed E-state index contributed by atoms with van der Waals surface area (Å²) < 4.78 is 0. The van der Waals surface area contributed by atoms with Gasteiger partial charge in [-0.1, -0.05) is 26.0 Å². The molecular weight excluding hydrogens is 236 g/mol. The fourth-order valence-electron chi connectivity index (χ4n) is 2.23. The Hall–Kier alpha value is -1.51. The third kappa shape index (κ3) is 3.72. The number of urea groups is 1. The number of hydrogen-bond donors (Lipinski definition) is 1. The van der Waals surface area contributed by atoms with Gasteiger partial charge in [0.05, 0.1) is 0 Å².